The van der Waals surface area contributed by atoms with Crippen LogP contribution in [0.1, 0.15) is 18.4 Å². The molecular formula is C16H22N4O. The van der Waals surface area contributed by atoms with E-state index in [4.69, 9.17) is 5.26 Å². The van der Waals surface area contributed by atoms with Crippen LogP contribution in [0.5, 0.6) is 0 Å². The Bertz CT molecular complexity index is 498. The van der Waals surface area contributed by atoms with E-state index in [1.165, 1.54) is 0 Å². The highest BCUT2D eigenvalue weighted by atomic mass is 16.2. The van der Waals surface area contributed by atoms with Crippen LogP contribution in [-0.4, -0.2) is 44.0 Å². The Kier molecular flexibility index (Phi) is 5.73. The maximum atomic E-state index is 12.0. The molecule has 2 N–H and O–H groups in total. The van der Waals surface area contributed by atoms with Gasteiger partial charge in [0.25, 0.3) is 0 Å². The molecule has 1 saturated heterocycles. The summed E-state index contributed by atoms with van der Waals surface area (Å²) in [5.74, 6) is 0.736. The van der Waals surface area contributed by atoms with E-state index in [9.17, 15) is 4.79 Å². The van der Waals surface area contributed by atoms with Gasteiger partial charge in [-0.1, -0.05) is 0 Å². The van der Waals surface area contributed by atoms with Gasteiger partial charge < -0.3 is 10.6 Å². The van der Waals surface area contributed by atoms with Crippen LogP contribution in [0.15, 0.2) is 24.3 Å². The van der Waals surface area contributed by atoms with Crippen molar-refractivity contribution in [2.45, 2.75) is 12.8 Å². The molecule has 1 aliphatic rings. The van der Waals surface area contributed by atoms with Gasteiger partial charge in [0, 0.05) is 5.69 Å². The molecule has 112 valence electrons. The van der Waals surface area contributed by atoms with Crippen LogP contribution in [0.25, 0.3) is 0 Å². The molecule has 1 fully saturated rings. The third kappa shape index (κ3) is 4.85. The highest BCUT2D eigenvalue weighted by molar-refractivity contribution is 5.92. The van der Waals surface area contributed by atoms with Crippen molar-refractivity contribution in [3.05, 3.63) is 29.8 Å². The zero-order valence-electron chi connectivity index (χ0n) is 12.4. The molecule has 0 spiro atoms. The van der Waals surface area contributed by atoms with E-state index in [0.717, 1.165) is 44.1 Å². The van der Waals surface area contributed by atoms with Crippen LogP contribution in [-0.2, 0) is 4.79 Å². The number of nitrogens with zero attached hydrogens (tertiary/aromatic N) is 2. The summed E-state index contributed by atoms with van der Waals surface area (Å²) in [7, 11) is 1.98. The van der Waals surface area contributed by atoms with Crippen molar-refractivity contribution in [1.82, 2.24) is 10.2 Å². The third-order valence-corrected chi connectivity index (χ3v) is 3.86. The van der Waals surface area contributed by atoms with Gasteiger partial charge in [-0.05, 0) is 69.7 Å². The first-order valence-corrected chi connectivity index (χ1v) is 7.38. The number of carbonyl (C=O) groups is 1. The molecule has 0 bridgehead atoms. The highest BCUT2D eigenvalue weighted by Gasteiger charge is 2.20. The molecule has 0 atom stereocenters. The Morgan fingerprint density at radius 3 is 2.57 bits per heavy atom. The molecule has 1 heterocycles. The maximum Gasteiger partial charge on any atom is 0.238 e. The lowest BCUT2D eigenvalue weighted by atomic mass is 9.97. The van der Waals surface area contributed by atoms with Crippen molar-refractivity contribution >= 4 is 11.6 Å². The van der Waals surface area contributed by atoms with Gasteiger partial charge in [-0.2, -0.15) is 5.26 Å². The van der Waals surface area contributed by atoms with Crippen molar-refractivity contribution in [3.63, 3.8) is 0 Å². The predicted octanol–water partition coefficient (Wildman–Crippen LogP) is 1.43. The number of amides is 1. The normalized spacial score (nSPS) is 16.4. The molecule has 1 aromatic carbocycles. The zero-order valence-corrected chi connectivity index (χ0v) is 12.4. The molecular weight excluding hydrogens is 264 g/mol. The Morgan fingerprint density at radius 2 is 2.00 bits per heavy atom. The number of piperidine rings is 1. The van der Waals surface area contributed by atoms with Crippen LogP contribution < -0.4 is 10.6 Å². The molecule has 5 nitrogen and oxygen atoms in total. The second-order valence-corrected chi connectivity index (χ2v) is 5.51. The highest BCUT2D eigenvalue weighted by Crippen LogP contribution is 2.16. The van der Waals surface area contributed by atoms with E-state index in [0.29, 0.717) is 12.1 Å². The lowest BCUT2D eigenvalue weighted by Crippen LogP contribution is -2.40. The van der Waals surface area contributed by atoms with Crippen molar-refractivity contribution in [3.8, 4) is 6.07 Å². The Morgan fingerprint density at radius 1 is 1.33 bits per heavy atom. The molecule has 2 rings (SSSR count). The van der Waals surface area contributed by atoms with Gasteiger partial charge in [0.2, 0.25) is 5.91 Å². The molecule has 0 aromatic heterocycles. The zero-order chi connectivity index (χ0) is 15.1. The standard InChI is InChI=1S/C16H22N4O/c1-18-11-14-6-8-20(9-7-14)12-16(21)19-15-4-2-13(10-17)3-5-15/h2-5,14,18H,6-9,11-12H2,1H3,(H,19,21). The molecule has 5 heteroatoms. The van der Waals surface area contributed by atoms with Gasteiger partial charge in [-0.15, -0.1) is 0 Å². The average Bonchev–Trinajstić information content (AvgIpc) is 2.50. The predicted molar refractivity (Wildman–Crippen MR) is 82.9 cm³/mol. The number of carbonyl (C=O) groups excluding carboxylic acids is 1. The van der Waals surface area contributed by atoms with Crippen molar-refractivity contribution in [2.24, 2.45) is 5.92 Å². The number of rotatable bonds is 5. The van der Waals surface area contributed by atoms with Gasteiger partial charge >= 0.3 is 0 Å². The van der Waals surface area contributed by atoms with E-state index in [2.05, 4.69) is 21.6 Å². The van der Waals surface area contributed by atoms with E-state index in [1.807, 2.05) is 7.05 Å². The summed E-state index contributed by atoms with van der Waals surface area (Å²) in [6, 6.07) is 8.99. The average molecular weight is 286 g/mol. The third-order valence-electron chi connectivity index (χ3n) is 3.86. The second-order valence-electron chi connectivity index (χ2n) is 5.51. The van der Waals surface area contributed by atoms with E-state index in [1.54, 1.807) is 24.3 Å². The summed E-state index contributed by atoms with van der Waals surface area (Å²) in [6.07, 6.45) is 2.29. The van der Waals surface area contributed by atoms with Gasteiger partial charge in [0.05, 0.1) is 18.2 Å². The fraction of sp³-hybridized carbons (Fsp3) is 0.500. The Labute approximate surface area is 125 Å². The molecule has 0 aliphatic carbocycles. The van der Waals surface area contributed by atoms with E-state index >= 15 is 0 Å². The number of nitriles is 1. The first-order valence-electron chi connectivity index (χ1n) is 7.38. The minimum absolute atomic E-state index is 0.00627. The van der Waals surface area contributed by atoms with Crippen molar-refractivity contribution in [2.75, 3.05) is 38.5 Å². The molecule has 1 aromatic rings. The summed E-state index contributed by atoms with van der Waals surface area (Å²) in [5.41, 5.74) is 1.34. The molecule has 0 saturated carbocycles. The van der Waals surface area contributed by atoms with Crippen molar-refractivity contribution < 1.29 is 4.79 Å². The van der Waals surface area contributed by atoms with Gasteiger partial charge in [0.15, 0.2) is 0 Å². The summed E-state index contributed by atoms with van der Waals surface area (Å²) in [6.45, 7) is 3.46. The van der Waals surface area contributed by atoms with Gasteiger partial charge in [-0.25, -0.2) is 0 Å². The molecule has 0 unspecified atom stereocenters. The van der Waals surface area contributed by atoms with E-state index < -0.39 is 0 Å². The molecule has 0 radical (unpaired) electrons. The number of likely N-dealkylation sites (tertiary alicyclic amines) is 1. The summed E-state index contributed by atoms with van der Waals surface area (Å²) in [5, 5.41) is 14.8. The fourth-order valence-corrected chi connectivity index (χ4v) is 2.67. The Balaban J connectivity index is 1.76. The monoisotopic (exact) mass is 286 g/mol. The lowest BCUT2D eigenvalue weighted by molar-refractivity contribution is -0.117. The van der Waals surface area contributed by atoms with Gasteiger partial charge in [0.1, 0.15) is 0 Å². The molecule has 21 heavy (non-hydrogen) atoms. The van der Waals surface area contributed by atoms with Gasteiger partial charge in [-0.3, -0.25) is 9.69 Å². The second kappa shape index (κ2) is 7.77. The van der Waals surface area contributed by atoms with Crippen LogP contribution in [0.4, 0.5) is 5.69 Å². The fourth-order valence-electron chi connectivity index (χ4n) is 2.67. The van der Waals surface area contributed by atoms with Crippen LogP contribution >= 0.6 is 0 Å². The summed E-state index contributed by atoms with van der Waals surface area (Å²) in [4.78, 5) is 14.2. The number of benzene rings is 1. The number of anilines is 1. The first-order chi connectivity index (χ1) is 10.2. The SMILES string of the molecule is CNCC1CCN(CC(=O)Nc2ccc(C#N)cc2)CC1. The van der Waals surface area contributed by atoms with Crippen LogP contribution in [0, 0.1) is 17.2 Å². The number of nitrogens with one attached hydrogen (secondary N) is 2. The largest absolute Gasteiger partial charge is 0.325 e. The quantitative estimate of drug-likeness (QED) is 0.859. The summed E-state index contributed by atoms with van der Waals surface area (Å²) < 4.78 is 0. The topological polar surface area (TPSA) is 68.2 Å². The minimum atomic E-state index is 0.00627. The van der Waals surface area contributed by atoms with E-state index in [-0.39, 0.29) is 5.91 Å². The van der Waals surface area contributed by atoms with Crippen molar-refractivity contribution in [1.29, 1.82) is 5.26 Å². The number of hydrogen-bond acceptors (Lipinski definition) is 4. The maximum absolute atomic E-state index is 12.0. The summed E-state index contributed by atoms with van der Waals surface area (Å²) >= 11 is 0. The van der Waals surface area contributed by atoms with Crippen LogP contribution in [0.3, 0.4) is 0 Å². The smallest absolute Gasteiger partial charge is 0.238 e. The minimum Gasteiger partial charge on any atom is -0.325 e. The molecule has 1 amide bonds. The molecule has 1 aliphatic heterocycles. The Hall–Kier alpha value is -1.90. The number of hydrogen-bond donors (Lipinski definition) is 2. The van der Waals surface area contributed by atoms with Crippen LogP contribution in [0.2, 0.25) is 0 Å². The lowest BCUT2D eigenvalue weighted by Gasteiger charge is -2.31. The first kappa shape index (κ1) is 15.5.